The molecule has 4 rings (SSSR count). The van der Waals surface area contributed by atoms with Gasteiger partial charge in [-0.05, 0) is 18.6 Å². The SMILES string of the molecule is C[C@@H](O/N=C(\C(=O)NC1C(=O)N2C(C(=O)O)=C(CSC3=NC(N)=CCN3N)CS[C@@H]12)c1csc(N)n1)C(=O)O. The van der Waals surface area contributed by atoms with Gasteiger partial charge in [0.2, 0.25) is 6.10 Å². The molecule has 9 N–H and O–H groups in total. The van der Waals surface area contributed by atoms with Crippen molar-refractivity contribution in [3.8, 4) is 0 Å². The number of nitrogen functional groups attached to an aromatic ring is 1. The summed E-state index contributed by atoms with van der Waals surface area (Å²) in [6.07, 6.45) is 0.273. The van der Waals surface area contributed by atoms with Gasteiger partial charge in [-0.15, -0.1) is 23.1 Å². The highest BCUT2D eigenvalue weighted by Crippen LogP contribution is 2.41. The molecule has 16 nitrogen and oxygen atoms in total. The molecule has 0 spiro atoms. The number of aliphatic carboxylic acids is 2. The molecule has 0 radical (unpaired) electrons. The van der Waals surface area contributed by atoms with Crippen LogP contribution in [0.5, 0.6) is 0 Å². The van der Waals surface area contributed by atoms with E-state index in [1.165, 1.54) is 40.8 Å². The normalized spacial score (nSPS) is 21.9. The van der Waals surface area contributed by atoms with Gasteiger partial charge in [0.1, 0.15) is 28.6 Å². The number of carboxylic acids is 2. The van der Waals surface area contributed by atoms with Crippen LogP contribution in [0.3, 0.4) is 0 Å². The quantitative estimate of drug-likeness (QED) is 0.0841. The van der Waals surface area contributed by atoms with Gasteiger partial charge in [0, 0.05) is 16.9 Å². The number of nitrogens with two attached hydrogens (primary N) is 3. The lowest BCUT2D eigenvalue weighted by molar-refractivity contribution is -0.150. The van der Waals surface area contributed by atoms with Crippen molar-refractivity contribution >= 4 is 74.6 Å². The first-order chi connectivity index (χ1) is 18.5. The first-order valence-electron chi connectivity index (χ1n) is 11.1. The van der Waals surface area contributed by atoms with Crippen LogP contribution in [-0.4, -0.2) is 95.3 Å². The average Bonchev–Trinajstić information content (AvgIpc) is 3.32. The number of carboxylic acid groups (broad SMARTS) is 2. The van der Waals surface area contributed by atoms with Crippen molar-refractivity contribution in [3.63, 3.8) is 0 Å². The van der Waals surface area contributed by atoms with Crippen LogP contribution in [0.2, 0.25) is 0 Å². The molecule has 19 heteroatoms. The summed E-state index contributed by atoms with van der Waals surface area (Å²) in [4.78, 5) is 63.5. The topological polar surface area (TPSA) is 252 Å². The van der Waals surface area contributed by atoms with E-state index in [2.05, 4.69) is 20.4 Å². The Kier molecular flexibility index (Phi) is 8.33. The van der Waals surface area contributed by atoms with Crippen molar-refractivity contribution in [2.75, 3.05) is 23.8 Å². The zero-order valence-electron chi connectivity index (χ0n) is 20.1. The van der Waals surface area contributed by atoms with Crippen molar-refractivity contribution in [2.45, 2.75) is 24.4 Å². The molecule has 1 aromatic rings. The summed E-state index contributed by atoms with van der Waals surface area (Å²) in [7, 11) is 0. The molecular weight excluding hydrogens is 574 g/mol. The third kappa shape index (κ3) is 5.95. The third-order valence-corrected chi connectivity index (χ3v) is 8.60. The minimum Gasteiger partial charge on any atom is -0.478 e. The van der Waals surface area contributed by atoms with Gasteiger partial charge in [0.05, 0.1) is 6.54 Å². The van der Waals surface area contributed by atoms with E-state index in [-0.39, 0.29) is 33.7 Å². The van der Waals surface area contributed by atoms with Crippen LogP contribution in [0.25, 0.3) is 0 Å². The molecular formula is C20H23N9O7S3. The van der Waals surface area contributed by atoms with E-state index in [9.17, 15) is 24.3 Å². The van der Waals surface area contributed by atoms with Crippen molar-refractivity contribution in [1.29, 1.82) is 0 Å². The molecule has 1 unspecified atom stereocenters. The summed E-state index contributed by atoms with van der Waals surface area (Å²) in [6, 6.07) is -1.07. The van der Waals surface area contributed by atoms with E-state index < -0.39 is 41.3 Å². The second kappa shape index (κ2) is 11.5. The van der Waals surface area contributed by atoms with E-state index in [1.54, 1.807) is 6.08 Å². The Morgan fingerprint density at radius 1 is 1.36 bits per heavy atom. The Morgan fingerprint density at radius 2 is 2.10 bits per heavy atom. The maximum atomic E-state index is 13.1. The van der Waals surface area contributed by atoms with Gasteiger partial charge in [0.15, 0.2) is 16.0 Å². The number of thiazole rings is 1. The molecule has 0 saturated carbocycles. The molecule has 4 heterocycles. The Hall–Kier alpha value is -3.81. The molecule has 0 bridgehead atoms. The molecule has 39 heavy (non-hydrogen) atoms. The predicted molar refractivity (Wildman–Crippen MR) is 144 cm³/mol. The van der Waals surface area contributed by atoms with Crippen molar-refractivity contribution in [3.05, 3.63) is 34.2 Å². The first-order valence-corrected chi connectivity index (χ1v) is 14.0. The molecule has 0 aromatic carbocycles. The average molecular weight is 598 g/mol. The van der Waals surface area contributed by atoms with E-state index in [4.69, 9.17) is 27.3 Å². The number of hydrogen-bond donors (Lipinski definition) is 6. The lowest BCUT2D eigenvalue weighted by Gasteiger charge is -2.49. The highest BCUT2D eigenvalue weighted by Gasteiger charge is 2.54. The van der Waals surface area contributed by atoms with Crippen LogP contribution in [0.15, 0.2) is 38.7 Å². The number of fused-ring (bicyclic) bond motifs is 1. The monoisotopic (exact) mass is 597 g/mol. The van der Waals surface area contributed by atoms with Gasteiger partial charge >= 0.3 is 11.9 Å². The van der Waals surface area contributed by atoms with Crippen LogP contribution >= 0.6 is 34.9 Å². The fourth-order valence-corrected chi connectivity index (χ4v) is 6.51. The molecule has 2 amide bonds. The van der Waals surface area contributed by atoms with Gasteiger partial charge < -0.3 is 31.8 Å². The number of thioether (sulfide) groups is 2. The number of rotatable bonds is 9. The first kappa shape index (κ1) is 28.2. The van der Waals surface area contributed by atoms with E-state index in [1.807, 2.05) is 0 Å². The van der Waals surface area contributed by atoms with Crippen LogP contribution in [0, 0.1) is 0 Å². The van der Waals surface area contributed by atoms with E-state index in [0.717, 1.165) is 16.2 Å². The molecule has 3 aliphatic rings. The minimum atomic E-state index is -1.36. The molecule has 3 aliphatic heterocycles. The van der Waals surface area contributed by atoms with E-state index in [0.29, 0.717) is 23.1 Å². The summed E-state index contributed by atoms with van der Waals surface area (Å²) in [5.74, 6) is 2.55. The lowest BCUT2D eigenvalue weighted by Crippen LogP contribution is -2.71. The van der Waals surface area contributed by atoms with Crippen LogP contribution in [-0.2, 0) is 24.0 Å². The maximum absolute atomic E-state index is 13.1. The largest absolute Gasteiger partial charge is 0.478 e. The van der Waals surface area contributed by atoms with E-state index >= 15 is 0 Å². The summed E-state index contributed by atoms with van der Waals surface area (Å²) in [5.41, 5.74) is 11.3. The standard InChI is InChI=1S/C20H23N9O7S3/c1-7(17(32)33)36-27-11(9-6-38-19(22)24-9)14(30)26-12-15(31)29-13(18(34)35)8(4-37-16(12)29)5-39-20-25-10(21)2-3-28(20)23/h2,6-7,12,16H,3-5,21,23H2,1H3,(H2,22,24)(H,26,30)(H,32,33)(H,34,35)/b27-11-/t7-,12?,16+/m1/s1. The zero-order valence-corrected chi connectivity index (χ0v) is 22.6. The second-order valence-electron chi connectivity index (χ2n) is 8.18. The molecule has 208 valence electrons. The van der Waals surface area contributed by atoms with Gasteiger partial charge in [-0.3, -0.25) is 19.5 Å². The molecule has 1 fully saturated rings. The third-order valence-electron chi connectivity index (χ3n) is 5.51. The molecule has 1 aromatic heterocycles. The van der Waals surface area contributed by atoms with Gasteiger partial charge in [-0.1, -0.05) is 16.9 Å². The number of nitrogens with one attached hydrogen (secondary N) is 1. The van der Waals surface area contributed by atoms with Crippen molar-refractivity contribution in [1.82, 2.24) is 20.2 Å². The van der Waals surface area contributed by atoms with Crippen LogP contribution in [0.4, 0.5) is 5.13 Å². The Bertz CT molecular complexity index is 1340. The number of hydrazine groups is 1. The number of hydrogen-bond acceptors (Lipinski definition) is 15. The number of anilines is 1. The Labute approximate surface area is 232 Å². The number of aromatic nitrogens is 1. The summed E-state index contributed by atoms with van der Waals surface area (Å²) in [5, 5.41) is 27.7. The zero-order chi connectivity index (χ0) is 28.4. The lowest BCUT2D eigenvalue weighted by atomic mass is 10.0. The van der Waals surface area contributed by atoms with Crippen LogP contribution < -0.4 is 22.6 Å². The number of β-lactam (4-membered cyclic amide) rings is 1. The highest BCUT2D eigenvalue weighted by molar-refractivity contribution is 8.14. The molecule has 1 saturated heterocycles. The van der Waals surface area contributed by atoms with Gasteiger partial charge in [-0.25, -0.2) is 25.4 Å². The fraction of sp³-hybridized carbons (Fsp3) is 0.350. The van der Waals surface area contributed by atoms with Gasteiger partial charge in [0.25, 0.3) is 11.8 Å². The number of carbonyl (C=O) groups excluding carboxylic acids is 2. The number of carbonyl (C=O) groups is 4. The second-order valence-corrected chi connectivity index (χ2v) is 11.1. The minimum absolute atomic E-state index is 0.0213. The van der Waals surface area contributed by atoms with Crippen molar-refractivity contribution < 1.29 is 34.2 Å². The van der Waals surface area contributed by atoms with Gasteiger partial charge in [-0.2, -0.15) is 0 Å². The highest BCUT2D eigenvalue weighted by atomic mass is 32.2. The molecule has 3 atom stereocenters. The number of aliphatic imine (C=N–C) groups is 1. The number of amides is 2. The number of nitrogens with zero attached hydrogens (tertiary/aromatic N) is 5. The maximum Gasteiger partial charge on any atom is 0.352 e. The smallest absolute Gasteiger partial charge is 0.352 e. The predicted octanol–water partition coefficient (Wildman–Crippen LogP) is -1.26. The summed E-state index contributed by atoms with van der Waals surface area (Å²) >= 11 is 3.48. The van der Waals surface area contributed by atoms with Crippen molar-refractivity contribution in [2.24, 2.45) is 21.7 Å². The Morgan fingerprint density at radius 3 is 2.74 bits per heavy atom. The van der Waals surface area contributed by atoms with Crippen LogP contribution in [0.1, 0.15) is 12.6 Å². The fourth-order valence-electron chi connectivity index (χ4n) is 3.54. The molecule has 0 aliphatic carbocycles. The number of oxime groups is 1. The summed E-state index contributed by atoms with van der Waals surface area (Å²) < 4.78 is 0. The number of amidine groups is 1. The summed E-state index contributed by atoms with van der Waals surface area (Å²) in [6.45, 7) is 1.57. The Balaban J connectivity index is 1.50.